The number of benzene rings is 1. The highest BCUT2D eigenvalue weighted by atomic mass is 35.5. The van der Waals surface area contributed by atoms with Crippen molar-refractivity contribution in [2.45, 2.75) is 26.9 Å². The summed E-state index contributed by atoms with van der Waals surface area (Å²) in [5.74, 6) is -3.07. The lowest BCUT2D eigenvalue weighted by Crippen LogP contribution is -2.44. The van der Waals surface area contributed by atoms with Gasteiger partial charge in [0.15, 0.2) is 4.33 Å². The van der Waals surface area contributed by atoms with Gasteiger partial charge in [0.25, 0.3) is 5.69 Å². The van der Waals surface area contributed by atoms with Gasteiger partial charge in [-0.2, -0.15) is 0 Å². The largest absolute Gasteiger partial charge is 0.274 e. The molecule has 6 nitrogen and oxygen atoms in total. The van der Waals surface area contributed by atoms with Crippen LogP contribution in [0, 0.1) is 33.8 Å². The van der Waals surface area contributed by atoms with Gasteiger partial charge in [0.1, 0.15) is 9.75 Å². The normalized spacial score (nSPS) is 40.4. The Bertz CT molecular complexity index is 1040. The van der Waals surface area contributed by atoms with Gasteiger partial charge in [-0.15, -0.1) is 23.2 Å². The van der Waals surface area contributed by atoms with Crippen molar-refractivity contribution in [3.63, 3.8) is 0 Å². The van der Waals surface area contributed by atoms with Crippen molar-refractivity contribution in [1.82, 2.24) is 0 Å². The third kappa shape index (κ3) is 2.39. The second kappa shape index (κ2) is 6.64. The number of anilines is 1. The van der Waals surface area contributed by atoms with Gasteiger partial charge in [0.2, 0.25) is 11.8 Å². The average molecular weight is 545 g/mol. The van der Waals surface area contributed by atoms with Crippen LogP contribution in [0.4, 0.5) is 11.4 Å². The van der Waals surface area contributed by atoms with Crippen LogP contribution in [0.2, 0.25) is 0 Å². The number of amides is 2. The Balaban J connectivity index is 1.52. The Morgan fingerprint density at radius 1 is 0.871 bits per heavy atom. The van der Waals surface area contributed by atoms with Crippen LogP contribution >= 0.6 is 69.6 Å². The van der Waals surface area contributed by atoms with Crippen LogP contribution < -0.4 is 4.90 Å². The van der Waals surface area contributed by atoms with Gasteiger partial charge >= 0.3 is 0 Å². The third-order valence-corrected chi connectivity index (χ3v) is 11.5. The van der Waals surface area contributed by atoms with E-state index in [0.717, 1.165) is 4.90 Å². The fourth-order valence-electron chi connectivity index (χ4n) is 5.70. The number of imide groups is 1. The molecule has 5 rings (SSSR count). The SMILES string of the molecule is O=C1[C@@H]2C[C@@H]3[C@H](C[C@H]2C(=O)N1c1ccc([N+](=O)[O-])cc1)[C@@]1(Cl)C(Cl)=C(Cl)[C@@]3(Cl)C1(Cl)Cl. The van der Waals surface area contributed by atoms with Crippen molar-refractivity contribution < 1.29 is 14.5 Å². The molecular formula is C19H12Cl6N2O4. The predicted molar refractivity (Wildman–Crippen MR) is 119 cm³/mol. The monoisotopic (exact) mass is 542 g/mol. The summed E-state index contributed by atoms with van der Waals surface area (Å²) in [5.41, 5.74) is 0.123. The van der Waals surface area contributed by atoms with Crippen molar-refractivity contribution in [3.8, 4) is 0 Å². The summed E-state index contributed by atoms with van der Waals surface area (Å²) >= 11 is 39.8. The standard InChI is InChI=1S/C19H12Cl6N2O4/c20-13-14(21)18(23)12-6-10-9(5-11(12)17(13,22)19(18,24)25)15(28)26(16(10)29)7-1-3-8(4-2-7)27(30)31/h1-4,9-12H,5-6H2/t9-,10-,11-,12+,17-,18-/m1/s1. The van der Waals surface area contributed by atoms with Crippen molar-refractivity contribution in [1.29, 1.82) is 0 Å². The minimum atomic E-state index is -1.71. The molecule has 1 aromatic carbocycles. The molecule has 164 valence electrons. The number of non-ortho nitro benzene ring substituents is 1. The molecule has 3 aliphatic carbocycles. The molecular weight excluding hydrogens is 533 g/mol. The van der Waals surface area contributed by atoms with Crippen LogP contribution in [0.5, 0.6) is 0 Å². The molecule has 0 N–H and O–H groups in total. The fourth-order valence-corrected chi connectivity index (χ4v) is 8.81. The number of nitro benzene ring substituents is 1. The zero-order chi connectivity index (χ0) is 22.7. The van der Waals surface area contributed by atoms with Crippen LogP contribution in [-0.4, -0.2) is 30.8 Å². The molecule has 4 aliphatic rings. The zero-order valence-corrected chi connectivity index (χ0v) is 19.9. The van der Waals surface area contributed by atoms with E-state index >= 15 is 0 Å². The number of carbonyl (C=O) groups is 2. The predicted octanol–water partition coefficient (Wildman–Crippen LogP) is 5.57. The quantitative estimate of drug-likeness (QED) is 0.211. The summed E-state index contributed by atoms with van der Waals surface area (Å²) in [6, 6.07) is 5.24. The van der Waals surface area contributed by atoms with Gasteiger partial charge in [0.05, 0.1) is 32.5 Å². The third-order valence-electron chi connectivity index (χ3n) is 7.15. The number of halogens is 6. The van der Waals surface area contributed by atoms with Gasteiger partial charge in [-0.25, -0.2) is 0 Å². The molecule has 1 aromatic rings. The first-order chi connectivity index (χ1) is 14.4. The second-order valence-corrected chi connectivity index (χ2v) is 11.6. The van der Waals surface area contributed by atoms with Gasteiger partial charge in [0, 0.05) is 12.1 Å². The second-order valence-electron chi connectivity index (χ2n) is 8.31. The highest BCUT2D eigenvalue weighted by molar-refractivity contribution is 6.65. The fraction of sp³-hybridized carbons (Fsp3) is 0.474. The maximum atomic E-state index is 13.2. The minimum absolute atomic E-state index is 0.0690. The number of rotatable bonds is 2. The number of fused-ring (bicyclic) bond motifs is 6. The Kier molecular flexibility index (Phi) is 4.73. The summed E-state index contributed by atoms with van der Waals surface area (Å²) < 4.78 is -1.71. The highest BCUT2D eigenvalue weighted by Gasteiger charge is 2.83. The Morgan fingerprint density at radius 2 is 1.29 bits per heavy atom. The van der Waals surface area contributed by atoms with Crippen LogP contribution in [0.25, 0.3) is 0 Å². The van der Waals surface area contributed by atoms with Crippen molar-refractivity contribution in [2.24, 2.45) is 23.7 Å². The van der Waals surface area contributed by atoms with Gasteiger partial charge in [-0.3, -0.25) is 24.6 Å². The van der Waals surface area contributed by atoms with Crippen LogP contribution in [0.3, 0.4) is 0 Å². The van der Waals surface area contributed by atoms with E-state index < -0.39 is 54.5 Å². The smallest absolute Gasteiger partial charge is 0.269 e. The molecule has 1 heterocycles. The molecule has 1 aliphatic heterocycles. The maximum absolute atomic E-state index is 13.2. The molecule has 12 heteroatoms. The van der Waals surface area contributed by atoms with Crippen molar-refractivity contribution >= 4 is 92.8 Å². The number of nitro groups is 1. The first-order valence-electron chi connectivity index (χ1n) is 9.33. The average Bonchev–Trinajstić information content (AvgIpc) is 3.10. The number of nitrogens with zero attached hydrogens (tertiary/aromatic N) is 2. The van der Waals surface area contributed by atoms with E-state index in [1.165, 1.54) is 24.3 Å². The first-order valence-corrected chi connectivity index (χ1v) is 11.6. The molecule has 2 bridgehead atoms. The summed E-state index contributed by atoms with van der Waals surface area (Å²) in [6.45, 7) is 0. The van der Waals surface area contributed by atoms with Gasteiger partial charge in [-0.1, -0.05) is 46.4 Å². The number of carbonyl (C=O) groups excluding carboxylic acids is 2. The molecule has 0 unspecified atom stereocenters. The Morgan fingerprint density at radius 3 is 1.68 bits per heavy atom. The zero-order valence-electron chi connectivity index (χ0n) is 15.3. The van der Waals surface area contributed by atoms with Crippen LogP contribution in [0.15, 0.2) is 34.3 Å². The Labute approximate surface area is 206 Å². The summed E-state index contributed by atoms with van der Waals surface area (Å²) in [7, 11) is 0. The van der Waals surface area contributed by atoms with Crippen LogP contribution in [0.1, 0.15) is 12.8 Å². The highest BCUT2D eigenvalue weighted by Crippen LogP contribution is 2.79. The molecule has 1 saturated heterocycles. The summed E-state index contributed by atoms with van der Waals surface area (Å²) in [6.07, 6.45) is 0.422. The first kappa shape index (κ1) is 22.1. The number of hydrogen-bond acceptors (Lipinski definition) is 4. The topological polar surface area (TPSA) is 80.5 Å². The molecule has 3 fully saturated rings. The lowest BCUT2D eigenvalue weighted by Gasteiger charge is -2.42. The number of alkyl halides is 4. The lowest BCUT2D eigenvalue weighted by molar-refractivity contribution is -0.384. The molecule has 6 atom stereocenters. The summed E-state index contributed by atoms with van der Waals surface area (Å²) in [4.78, 5) is 34.9. The van der Waals surface area contributed by atoms with E-state index in [-0.39, 0.29) is 34.3 Å². The van der Waals surface area contributed by atoms with E-state index in [4.69, 9.17) is 69.6 Å². The lowest BCUT2D eigenvalue weighted by atomic mass is 9.65. The van der Waals surface area contributed by atoms with Gasteiger partial charge < -0.3 is 0 Å². The maximum Gasteiger partial charge on any atom is 0.269 e. The molecule has 31 heavy (non-hydrogen) atoms. The molecule has 0 spiro atoms. The molecule has 0 radical (unpaired) electrons. The Hall–Kier alpha value is -0.760. The van der Waals surface area contributed by atoms with Crippen LogP contribution in [-0.2, 0) is 9.59 Å². The minimum Gasteiger partial charge on any atom is -0.274 e. The number of hydrogen-bond donors (Lipinski definition) is 0. The van der Waals surface area contributed by atoms with Crippen molar-refractivity contribution in [3.05, 3.63) is 44.4 Å². The van der Waals surface area contributed by atoms with E-state index in [2.05, 4.69) is 0 Å². The van der Waals surface area contributed by atoms with Gasteiger partial charge in [-0.05, 0) is 36.8 Å². The molecule has 2 saturated carbocycles. The summed E-state index contributed by atoms with van der Waals surface area (Å²) in [5, 5.41) is 11.0. The number of allylic oxidation sites excluding steroid dienone is 2. The van der Waals surface area contributed by atoms with E-state index in [0.29, 0.717) is 0 Å². The van der Waals surface area contributed by atoms with E-state index in [1.54, 1.807) is 0 Å². The van der Waals surface area contributed by atoms with E-state index in [1.807, 2.05) is 0 Å². The van der Waals surface area contributed by atoms with Crippen molar-refractivity contribution in [2.75, 3.05) is 4.90 Å². The molecule has 2 amide bonds. The van der Waals surface area contributed by atoms with E-state index in [9.17, 15) is 19.7 Å². The molecule has 0 aromatic heterocycles.